The fourth-order valence-corrected chi connectivity index (χ4v) is 3.41. The second-order valence-electron chi connectivity index (χ2n) is 6.25. The largest absolute Gasteiger partial charge is 0.493 e. The number of nitrogens with one attached hydrogen (secondary N) is 1. The summed E-state index contributed by atoms with van der Waals surface area (Å²) in [6, 6.07) is 5.41. The molecule has 0 radical (unpaired) electrons. The second-order valence-corrected chi connectivity index (χ2v) is 6.66. The second kappa shape index (κ2) is 8.77. The van der Waals surface area contributed by atoms with Crippen LogP contribution in [-0.2, 0) is 4.79 Å². The number of nitrogens with zero attached hydrogens (tertiary/aromatic N) is 1. The highest BCUT2D eigenvalue weighted by molar-refractivity contribution is 6.32. The number of carbonyl (C=O) groups excluding carboxylic acids is 1. The molecule has 1 aromatic carbocycles. The summed E-state index contributed by atoms with van der Waals surface area (Å²) in [5.41, 5.74) is 0.645. The third-order valence-corrected chi connectivity index (χ3v) is 4.84. The maximum absolute atomic E-state index is 12.5. The summed E-state index contributed by atoms with van der Waals surface area (Å²) in [7, 11) is 3.00. The zero-order valence-electron chi connectivity index (χ0n) is 14.8. The number of hydrogen-bond acceptors (Lipinski definition) is 4. The van der Waals surface area contributed by atoms with Crippen molar-refractivity contribution in [1.82, 2.24) is 5.32 Å². The summed E-state index contributed by atoms with van der Waals surface area (Å²) in [5, 5.41) is 12.7. The van der Waals surface area contributed by atoms with E-state index in [0.29, 0.717) is 28.0 Å². The lowest BCUT2D eigenvalue weighted by Gasteiger charge is -2.29. The van der Waals surface area contributed by atoms with Gasteiger partial charge in [0.05, 0.1) is 19.2 Å². The Bertz CT molecular complexity index is 709. The van der Waals surface area contributed by atoms with Crippen LogP contribution in [0.2, 0.25) is 5.02 Å². The predicted octanol–water partition coefficient (Wildman–Crippen LogP) is 3.96. The molecule has 25 heavy (non-hydrogen) atoms. The minimum absolute atomic E-state index is 0.0426. The third-order valence-electron chi connectivity index (χ3n) is 4.56. The van der Waals surface area contributed by atoms with Crippen molar-refractivity contribution >= 4 is 23.6 Å². The van der Waals surface area contributed by atoms with E-state index < -0.39 is 0 Å². The monoisotopic (exact) mass is 362 g/mol. The maximum atomic E-state index is 12.5. The van der Waals surface area contributed by atoms with Gasteiger partial charge in [-0.3, -0.25) is 4.79 Å². The van der Waals surface area contributed by atoms with Crippen LogP contribution in [0.3, 0.4) is 0 Å². The third kappa shape index (κ3) is 4.67. The number of benzene rings is 1. The van der Waals surface area contributed by atoms with E-state index in [4.69, 9.17) is 21.1 Å². The SMILES string of the molecule is COc1cc(/C=C(\C#N)C(=O)N[C@H]2CCCC[C@H]2C)cc(Cl)c1OC. The highest BCUT2D eigenvalue weighted by atomic mass is 35.5. The van der Waals surface area contributed by atoms with Gasteiger partial charge in [-0.2, -0.15) is 5.26 Å². The van der Waals surface area contributed by atoms with Crippen molar-refractivity contribution < 1.29 is 14.3 Å². The van der Waals surface area contributed by atoms with Gasteiger partial charge in [-0.25, -0.2) is 0 Å². The van der Waals surface area contributed by atoms with Gasteiger partial charge in [0.15, 0.2) is 11.5 Å². The number of nitriles is 1. The Kier molecular flexibility index (Phi) is 6.72. The van der Waals surface area contributed by atoms with Crippen molar-refractivity contribution in [2.45, 2.75) is 38.6 Å². The van der Waals surface area contributed by atoms with Gasteiger partial charge in [0, 0.05) is 6.04 Å². The van der Waals surface area contributed by atoms with E-state index in [9.17, 15) is 10.1 Å². The summed E-state index contributed by atoms with van der Waals surface area (Å²) in [6.45, 7) is 2.13. The Labute approximate surface area is 153 Å². The van der Waals surface area contributed by atoms with Crippen molar-refractivity contribution in [1.29, 1.82) is 5.26 Å². The van der Waals surface area contributed by atoms with Gasteiger partial charge < -0.3 is 14.8 Å². The lowest BCUT2D eigenvalue weighted by molar-refractivity contribution is -0.118. The number of methoxy groups -OCH3 is 2. The molecule has 1 N–H and O–H groups in total. The Balaban J connectivity index is 2.23. The van der Waals surface area contributed by atoms with E-state index in [-0.39, 0.29) is 17.5 Å². The molecule has 1 aliphatic rings. The lowest BCUT2D eigenvalue weighted by atomic mass is 9.86. The molecule has 2 atom stereocenters. The van der Waals surface area contributed by atoms with Crippen molar-refractivity contribution in [2.24, 2.45) is 5.92 Å². The van der Waals surface area contributed by atoms with Crippen LogP contribution < -0.4 is 14.8 Å². The number of carbonyl (C=O) groups is 1. The summed E-state index contributed by atoms with van der Waals surface area (Å²) < 4.78 is 10.4. The molecule has 1 amide bonds. The van der Waals surface area contributed by atoms with Crippen LogP contribution in [0.4, 0.5) is 0 Å². The molecule has 0 heterocycles. The van der Waals surface area contributed by atoms with E-state index in [1.807, 2.05) is 6.07 Å². The fourth-order valence-electron chi connectivity index (χ4n) is 3.11. The quantitative estimate of drug-likeness (QED) is 0.635. The van der Waals surface area contributed by atoms with E-state index in [2.05, 4.69) is 12.2 Å². The minimum Gasteiger partial charge on any atom is -0.493 e. The van der Waals surface area contributed by atoms with Crippen LogP contribution in [0.5, 0.6) is 11.5 Å². The Hall–Kier alpha value is -2.19. The summed E-state index contributed by atoms with van der Waals surface area (Å²) in [5.74, 6) is 0.931. The molecule has 1 aliphatic carbocycles. The zero-order valence-corrected chi connectivity index (χ0v) is 15.5. The smallest absolute Gasteiger partial charge is 0.262 e. The van der Waals surface area contributed by atoms with Gasteiger partial charge >= 0.3 is 0 Å². The normalized spacial score (nSPS) is 20.5. The molecular formula is C19H23ClN2O3. The number of amides is 1. The van der Waals surface area contributed by atoms with E-state index >= 15 is 0 Å². The summed E-state index contributed by atoms with van der Waals surface area (Å²) >= 11 is 6.18. The number of rotatable bonds is 5. The molecule has 0 bridgehead atoms. The molecule has 5 nitrogen and oxygen atoms in total. The molecular weight excluding hydrogens is 340 g/mol. The first-order valence-electron chi connectivity index (χ1n) is 8.34. The molecule has 2 rings (SSSR count). The Morgan fingerprint density at radius 2 is 2.04 bits per heavy atom. The number of ether oxygens (including phenoxy) is 2. The molecule has 6 heteroatoms. The molecule has 0 spiro atoms. The van der Waals surface area contributed by atoms with E-state index in [0.717, 1.165) is 19.3 Å². The van der Waals surface area contributed by atoms with Gasteiger partial charge in [0.1, 0.15) is 11.6 Å². The fraction of sp³-hybridized carbons (Fsp3) is 0.474. The van der Waals surface area contributed by atoms with Gasteiger partial charge in [-0.1, -0.05) is 31.4 Å². The average Bonchev–Trinajstić information content (AvgIpc) is 2.60. The molecule has 0 unspecified atom stereocenters. The van der Waals surface area contributed by atoms with Crippen LogP contribution >= 0.6 is 11.6 Å². The van der Waals surface area contributed by atoms with Crippen LogP contribution in [0.25, 0.3) is 6.08 Å². The predicted molar refractivity (Wildman–Crippen MR) is 97.7 cm³/mol. The summed E-state index contributed by atoms with van der Waals surface area (Å²) in [6.07, 6.45) is 5.86. The van der Waals surface area contributed by atoms with E-state index in [1.54, 1.807) is 12.1 Å². The van der Waals surface area contributed by atoms with Crippen molar-refractivity contribution in [3.63, 3.8) is 0 Å². The Morgan fingerprint density at radius 1 is 1.32 bits per heavy atom. The van der Waals surface area contributed by atoms with Crippen LogP contribution in [-0.4, -0.2) is 26.2 Å². The zero-order chi connectivity index (χ0) is 18.4. The van der Waals surface area contributed by atoms with Gasteiger partial charge in [-0.05, 0) is 42.5 Å². The maximum Gasteiger partial charge on any atom is 0.262 e. The first kappa shape index (κ1) is 19.1. The van der Waals surface area contributed by atoms with Crippen molar-refractivity contribution in [2.75, 3.05) is 14.2 Å². The highest BCUT2D eigenvalue weighted by Crippen LogP contribution is 2.36. The molecule has 1 aromatic rings. The first-order chi connectivity index (χ1) is 12.0. The Morgan fingerprint density at radius 3 is 2.64 bits per heavy atom. The number of halogens is 1. The molecule has 1 saturated carbocycles. The molecule has 0 aliphatic heterocycles. The molecule has 1 fully saturated rings. The summed E-state index contributed by atoms with van der Waals surface area (Å²) in [4.78, 5) is 12.5. The first-order valence-corrected chi connectivity index (χ1v) is 8.72. The van der Waals surface area contributed by atoms with Gasteiger partial charge in [0.2, 0.25) is 0 Å². The lowest BCUT2D eigenvalue weighted by Crippen LogP contribution is -2.41. The van der Waals surface area contributed by atoms with E-state index in [1.165, 1.54) is 26.7 Å². The molecule has 0 aromatic heterocycles. The van der Waals surface area contributed by atoms with Crippen molar-refractivity contribution in [3.05, 3.63) is 28.3 Å². The number of hydrogen-bond donors (Lipinski definition) is 1. The highest BCUT2D eigenvalue weighted by Gasteiger charge is 2.24. The topological polar surface area (TPSA) is 71.3 Å². The van der Waals surface area contributed by atoms with Crippen LogP contribution in [0, 0.1) is 17.2 Å². The minimum atomic E-state index is -0.354. The van der Waals surface area contributed by atoms with Crippen LogP contribution in [0.1, 0.15) is 38.2 Å². The van der Waals surface area contributed by atoms with Gasteiger partial charge in [-0.15, -0.1) is 0 Å². The molecule has 0 saturated heterocycles. The standard InChI is InChI=1S/C19H23ClN2O3/c1-12-6-4-5-7-16(12)22-19(23)14(11-21)8-13-9-15(20)18(25-3)17(10-13)24-2/h8-10,12,16H,4-7H2,1-3H3,(H,22,23)/b14-8+/t12-,16+/m1/s1. The van der Waals surface area contributed by atoms with Crippen LogP contribution in [0.15, 0.2) is 17.7 Å². The average molecular weight is 363 g/mol. The van der Waals surface area contributed by atoms with Crippen molar-refractivity contribution in [3.8, 4) is 17.6 Å². The van der Waals surface area contributed by atoms with Gasteiger partial charge in [0.25, 0.3) is 5.91 Å². The molecule has 134 valence electrons.